The van der Waals surface area contributed by atoms with Gasteiger partial charge in [0.1, 0.15) is 22.8 Å². The summed E-state index contributed by atoms with van der Waals surface area (Å²) < 4.78 is 7.72. The summed E-state index contributed by atoms with van der Waals surface area (Å²) in [4.78, 5) is 17.5. The van der Waals surface area contributed by atoms with Crippen LogP contribution in [0.4, 0.5) is 0 Å². The summed E-state index contributed by atoms with van der Waals surface area (Å²) in [6.07, 6.45) is 3.79. The predicted molar refractivity (Wildman–Crippen MR) is 110 cm³/mol. The van der Waals surface area contributed by atoms with Gasteiger partial charge in [0.05, 0.1) is 5.69 Å². The number of Topliss-reactive ketones (excluding diaryl/α,β-unsaturated/α-hetero) is 1. The number of benzene rings is 2. The largest absolute Gasteiger partial charge is 0.457 e. The first-order chi connectivity index (χ1) is 13.7. The molecule has 0 unspecified atom stereocenters. The Kier molecular flexibility index (Phi) is 5.20. The maximum Gasteiger partial charge on any atom is 0.181 e. The Hall–Kier alpha value is -3.40. The summed E-state index contributed by atoms with van der Waals surface area (Å²) in [5.41, 5.74) is 3.51. The summed E-state index contributed by atoms with van der Waals surface area (Å²) in [5, 5.41) is 0. The van der Waals surface area contributed by atoms with Gasteiger partial charge in [-0.05, 0) is 54.8 Å². The van der Waals surface area contributed by atoms with Gasteiger partial charge in [0, 0.05) is 12.6 Å². The van der Waals surface area contributed by atoms with E-state index in [9.17, 15) is 4.79 Å². The van der Waals surface area contributed by atoms with Gasteiger partial charge in [-0.1, -0.05) is 43.3 Å². The highest BCUT2D eigenvalue weighted by atomic mass is 16.5. The molecule has 4 heteroatoms. The van der Waals surface area contributed by atoms with Crippen molar-refractivity contribution in [3.8, 4) is 11.5 Å². The van der Waals surface area contributed by atoms with Crippen LogP contribution < -0.4 is 4.74 Å². The monoisotopic (exact) mass is 370 g/mol. The summed E-state index contributed by atoms with van der Waals surface area (Å²) in [7, 11) is 0. The molecule has 0 amide bonds. The average Bonchev–Trinajstić information content (AvgIpc) is 3.12. The van der Waals surface area contributed by atoms with Crippen LogP contribution in [0.15, 0.2) is 79.0 Å². The molecule has 0 aliphatic carbocycles. The second kappa shape index (κ2) is 8.09. The maximum atomic E-state index is 12.9. The number of aromatic nitrogens is 2. The minimum absolute atomic E-state index is 0.125. The van der Waals surface area contributed by atoms with Gasteiger partial charge in [-0.2, -0.15) is 0 Å². The van der Waals surface area contributed by atoms with Crippen LogP contribution in [0.2, 0.25) is 0 Å². The predicted octanol–water partition coefficient (Wildman–Crippen LogP) is 5.50. The van der Waals surface area contributed by atoms with Crippen molar-refractivity contribution in [2.45, 2.75) is 26.2 Å². The number of nitrogens with zero attached hydrogens (tertiary/aromatic N) is 2. The van der Waals surface area contributed by atoms with E-state index in [2.05, 4.69) is 4.98 Å². The quantitative estimate of drug-likeness (QED) is 0.403. The van der Waals surface area contributed by atoms with E-state index in [1.807, 2.05) is 90.3 Å². The van der Waals surface area contributed by atoms with E-state index in [4.69, 9.17) is 4.74 Å². The smallest absolute Gasteiger partial charge is 0.181 e. The zero-order valence-corrected chi connectivity index (χ0v) is 15.8. The van der Waals surface area contributed by atoms with Gasteiger partial charge in [-0.15, -0.1) is 0 Å². The number of hydrogen-bond donors (Lipinski definition) is 0. The molecule has 0 saturated heterocycles. The van der Waals surface area contributed by atoms with E-state index in [0.717, 1.165) is 34.8 Å². The molecule has 2 aromatic carbocycles. The van der Waals surface area contributed by atoms with Crippen molar-refractivity contribution >= 4 is 11.4 Å². The molecule has 0 atom stereocenters. The van der Waals surface area contributed by atoms with Gasteiger partial charge >= 0.3 is 0 Å². The van der Waals surface area contributed by atoms with Gasteiger partial charge in [0.15, 0.2) is 5.78 Å². The standard InChI is InChI=1S/C24H22N2O2/c1-2-21-24(26-17-7-6-10-23(26)25-21)22(27)16-13-18-11-14-20(15-12-18)28-19-8-4-3-5-9-19/h3-12,14-15,17H,2,13,16H2,1H3. The number of imidazole rings is 1. The Morgan fingerprint density at radius 2 is 1.64 bits per heavy atom. The van der Waals surface area contributed by atoms with Crippen molar-refractivity contribution in [2.24, 2.45) is 0 Å². The van der Waals surface area contributed by atoms with E-state index in [1.165, 1.54) is 0 Å². The molecule has 0 bridgehead atoms. The minimum Gasteiger partial charge on any atom is -0.457 e. The Bertz CT molecular complexity index is 1080. The number of ketones is 1. The van der Waals surface area contributed by atoms with Crippen LogP contribution in [0, 0.1) is 0 Å². The molecule has 0 radical (unpaired) electrons. The Morgan fingerprint density at radius 1 is 0.929 bits per heavy atom. The van der Waals surface area contributed by atoms with Crippen LogP contribution >= 0.6 is 0 Å². The lowest BCUT2D eigenvalue weighted by atomic mass is 10.0. The van der Waals surface area contributed by atoms with E-state index in [1.54, 1.807) is 0 Å². The second-order valence-electron chi connectivity index (χ2n) is 6.67. The zero-order chi connectivity index (χ0) is 19.3. The Balaban J connectivity index is 1.44. The van der Waals surface area contributed by atoms with Crippen molar-refractivity contribution in [1.29, 1.82) is 0 Å². The lowest BCUT2D eigenvalue weighted by Crippen LogP contribution is -2.07. The fourth-order valence-electron chi connectivity index (χ4n) is 3.31. The highest BCUT2D eigenvalue weighted by Gasteiger charge is 2.17. The summed E-state index contributed by atoms with van der Waals surface area (Å²) in [6, 6.07) is 23.4. The summed E-state index contributed by atoms with van der Waals surface area (Å²) >= 11 is 0. The summed E-state index contributed by atoms with van der Waals surface area (Å²) in [5.74, 6) is 1.72. The fourth-order valence-corrected chi connectivity index (χ4v) is 3.31. The number of pyridine rings is 1. The lowest BCUT2D eigenvalue weighted by Gasteiger charge is -2.07. The molecule has 4 rings (SSSR count). The van der Waals surface area contributed by atoms with Gasteiger partial charge in [0.2, 0.25) is 0 Å². The number of ether oxygens (including phenoxy) is 1. The molecule has 0 aliphatic heterocycles. The minimum atomic E-state index is 0.125. The molecule has 28 heavy (non-hydrogen) atoms. The zero-order valence-electron chi connectivity index (χ0n) is 15.8. The van der Waals surface area contributed by atoms with E-state index >= 15 is 0 Å². The van der Waals surface area contributed by atoms with Gasteiger partial charge in [0.25, 0.3) is 0 Å². The van der Waals surface area contributed by atoms with E-state index < -0.39 is 0 Å². The molecule has 4 aromatic rings. The highest BCUT2D eigenvalue weighted by molar-refractivity contribution is 5.96. The highest BCUT2D eigenvalue weighted by Crippen LogP contribution is 2.22. The molecule has 140 valence electrons. The molecule has 0 N–H and O–H groups in total. The SMILES string of the molecule is CCc1nc2ccccn2c1C(=O)CCc1ccc(Oc2ccccc2)cc1. The Morgan fingerprint density at radius 3 is 2.39 bits per heavy atom. The number of rotatable bonds is 7. The van der Waals surface area contributed by atoms with Crippen LogP contribution in [0.3, 0.4) is 0 Å². The van der Waals surface area contributed by atoms with E-state index in [0.29, 0.717) is 18.5 Å². The normalized spacial score (nSPS) is 10.9. The molecule has 0 saturated carbocycles. The molecular formula is C24H22N2O2. The Labute approximate surface area is 164 Å². The van der Waals surface area contributed by atoms with Crippen molar-refractivity contribution in [1.82, 2.24) is 9.38 Å². The maximum absolute atomic E-state index is 12.9. The molecule has 2 aromatic heterocycles. The molecule has 2 heterocycles. The second-order valence-corrected chi connectivity index (χ2v) is 6.67. The van der Waals surface area contributed by atoms with Crippen LogP contribution in [-0.2, 0) is 12.8 Å². The van der Waals surface area contributed by atoms with Crippen molar-refractivity contribution in [3.05, 3.63) is 95.9 Å². The van der Waals surface area contributed by atoms with Crippen LogP contribution in [0.1, 0.15) is 35.1 Å². The lowest BCUT2D eigenvalue weighted by molar-refractivity contribution is 0.0976. The molecule has 0 aliphatic rings. The first kappa shape index (κ1) is 18.0. The van der Waals surface area contributed by atoms with Crippen molar-refractivity contribution in [2.75, 3.05) is 0 Å². The van der Waals surface area contributed by atoms with Crippen molar-refractivity contribution < 1.29 is 9.53 Å². The van der Waals surface area contributed by atoms with Crippen LogP contribution in [-0.4, -0.2) is 15.2 Å². The molecule has 0 spiro atoms. The number of carbonyl (C=O) groups is 1. The van der Waals surface area contributed by atoms with Crippen LogP contribution in [0.5, 0.6) is 11.5 Å². The number of fused-ring (bicyclic) bond motifs is 1. The van der Waals surface area contributed by atoms with Gasteiger partial charge in [-0.3, -0.25) is 9.20 Å². The number of para-hydroxylation sites is 1. The third-order valence-corrected chi connectivity index (χ3v) is 4.74. The third kappa shape index (κ3) is 3.81. The van der Waals surface area contributed by atoms with Crippen LogP contribution in [0.25, 0.3) is 5.65 Å². The topological polar surface area (TPSA) is 43.6 Å². The number of hydrogen-bond acceptors (Lipinski definition) is 3. The number of carbonyl (C=O) groups excluding carboxylic acids is 1. The number of aryl methyl sites for hydroxylation is 2. The third-order valence-electron chi connectivity index (χ3n) is 4.74. The van der Waals surface area contributed by atoms with E-state index in [-0.39, 0.29) is 5.78 Å². The first-order valence-electron chi connectivity index (χ1n) is 9.55. The fraction of sp³-hybridized carbons (Fsp3) is 0.167. The summed E-state index contributed by atoms with van der Waals surface area (Å²) in [6.45, 7) is 2.03. The first-order valence-corrected chi connectivity index (χ1v) is 9.55. The average molecular weight is 370 g/mol. The molecule has 0 fully saturated rings. The van der Waals surface area contributed by atoms with Crippen molar-refractivity contribution in [3.63, 3.8) is 0 Å². The molecular weight excluding hydrogens is 348 g/mol. The van der Waals surface area contributed by atoms with Gasteiger partial charge in [-0.25, -0.2) is 4.98 Å². The van der Waals surface area contributed by atoms with Gasteiger partial charge < -0.3 is 4.74 Å². The molecule has 4 nitrogen and oxygen atoms in total.